The molecule has 104 valence electrons. The maximum Gasteiger partial charge on any atom is 0.313 e. The second-order valence-electron chi connectivity index (χ2n) is 4.86. The molecule has 0 aromatic rings. The quantitative estimate of drug-likeness (QED) is 0.598. The summed E-state index contributed by atoms with van der Waals surface area (Å²) < 4.78 is 5.13. The van der Waals surface area contributed by atoms with Crippen LogP contribution in [0.5, 0.6) is 0 Å². The molecule has 0 radical (unpaired) electrons. The number of rotatable bonds is 3. The topological polar surface area (TPSA) is 117 Å². The fourth-order valence-corrected chi connectivity index (χ4v) is 1.96. The summed E-state index contributed by atoms with van der Waals surface area (Å²) in [4.78, 5) is 34.1. The molecule has 0 spiro atoms. The molecule has 2 unspecified atom stereocenters. The largest absolute Gasteiger partial charge is 0.481 e. The predicted octanol–water partition coefficient (Wildman–Crippen LogP) is -1.14. The lowest BCUT2D eigenvalue weighted by molar-refractivity contribution is -0.148. The van der Waals surface area contributed by atoms with Crippen molar-refractivity contribution in [3.8, 4) is 0 Å². The first-order valence-corrected chi connectivity index (χ1v) is 5.91. The van der Waals surface area contributed by atoms with Crippen LogP contribution in [-0.2, 0) is 19.1 Å². The molecular formula is C11H15N3O5. The standard InChI is InChI=1S/C11H15N3O5/c1-11(10(17)18)5-19-4-7(11)12-9(16)6-2-3-8(15)14-13-6/h7H,2-5H2,1H3,(H,12,16)(H,14,15)(H,17,18). The van der Waals surface area contributed by atoms with Gasteiger partial charge in [-0.25, -0.2) is 5.43 Å². The highest BCUT2D eigenvalue weighted by atomic mass is 16.5. The van der Waals surface area contributed by atoms with Crippen molar-refractivity contribution in [3.05, 3.63) is 0 Å². The lowest BCUT2D eigenvalue weighted by Crippen LogP contribution is -2.52. The molecule has 2 aliphatic rings. The number of nitrogens with one attached hydrogen (secondary N) is 2. The summed E-state index contributed by atoms with van der Waals surface area (Å²) >= 11 is 0. The number of hydrogen-bond acceptors (Lipinski definition) is 5. The van der Waals surface area contributed by atoms with Crippen molar-refractivity contribution in [2.75, 3.05) is 13.2 Å². The van der Waals surface area contributed by atoms with E-state index < -0.39 is 23.3 Å². The predicted molar refractivity (Wildman–Crippen MR) is 63.3 cm³/mol. The molecule has 0 aromatic carbocycles. The van der Waals surface area contributed by atoms with Gasteiger partial charge in [0.1, 0.15) is 11.1 Å². The normalized spacial score (nSPS) is 30.5. The first-order chi connectivity index (χ1) is 8.93. The van der Waals surface area contributed by atoms with Gasteiger partial charge in [0.15, 0.2) is 0 Å². The first-order valence-electron chi connectivity index (χ1n) is 5.91. The Balaban J connectivity index is 2.03. The summed E-state index contributed by atoms with van der Waals surface area (Å²) in [6, 6.07) is -0.613. The zero-order valence-electron chi connectivity index (χ0n) is 10.4. The van der Waals surface area contributed by atoms with Gasteiger partial charge in [-0.15, -0.1) is 0 Å². The van der Waals surface area contributed by atoms with Crippen molar-refractivity contribution >= 4 is 23.5 Å². The van der Waals surface area contributed by atoms with Crippen LogP contribution >= 0.6 is 0 Å². The van der Waals surface area contributed by atoms with E-state index in [0.29, 0.717) is 0 Å². The third-order valence-corrected chi connectivity index (χ3v) is 3.42. The molecule has 2 atom stereocenters. The van der Waals surface area contributed by atoms with Crippen LogP contribution in [0, 0.1) is 5.41 Å². The Morgan fingerprint density at radius 1 is 1.53 bits per heavy atom. The summed E-state index contributed by atoms with van der Waals surface area (Å²) in [7, 11) is 0. The smallest absolute Gasteiger partial charge is 0.313 e. The highest BCUT2D eigenvalue weighted by Gasteiger charge is 2.47. The number of ether oxygens (including phenoxy) is 1. The Morgan fingerprint density at radius 3 is 2.84 bits per heavy atom. The van der Waals surface area contributed by atoms with Crippen molar-refractivity contribution in [1.82, 2.24) is 10.7 Å². The van der Waals surface area contributed by atoms with Crippen LogP contribution in [0.2, 0.25) is 0 Å². The van der Waals surface area contributed by atoms with Crippen LogP contribution in [0.15, 0.2) is 5.10 Å². The highest BCUT2D eigenvalue weighted by molar-refractivity contribution is 6.39. The molecule has 0 aliphatic carbocycles. The van der Waals surface area contributed by atoms with Gasteiger partial charge < -0.3 is 15.2 Å². The van der Waals surface area contributed by atoms with Gasteiger partial charge in [0, 0.05) is 12.8 Å². The van der Waals surface area contributed by atoms with Crippen molar-refractivity contribution in [2.24, 2.45) is 10.5 Å². The number of carboxylic acid groups (broad SMARTS) is 1. The van der Waals surface area contributed by atoms with Gasteiger partial charge in [0.25, 0.3) is 5.91 Å². The lowest BCUT2D eigenvalue weighted by Gasteiger charge is -2.25. The van der Waals surface area contributed by atoms with E-state index in [0.717, 1.165) is 0 Å². The third kappa shape index (κ3) is 2.58. The molecule has 0 bridgehead atoms. The number of nitrogens with zero attached hydrogens (tertiary/aromatic N) is 1. The molecule has 1 fully saturated rings. The zero-order chi connectivity index (χ0) is 14.0. The van der Waals surface area contributed by atoms with Gasteiger partial charge >= 0.3 is 5.97 Å². The number of carbonyl (C=O) groups excluding carboxylic acids is 2. The molecule has 3 N–H and O–H groups in total. The Labute approximate surface area is 109 Å². The van der Waals surface area contributed by atoms with E-state index in [4.69, 9.17) is 4.74 Å². The van der Waals surface area contributed by atoms with Crippen molar-refractivity contribution in [1.29, 1.82) is 0 Å². The number of hydrogen-bond donors (Lipinski definition) is 3. The third-order valence-electron chi connectivity index (χ3n) is 3.42. The lowest BCUT2D eigenvalue weighted by atomic mass is 9.85. The summed E-state index contributed by atoms with van der Waals surface area (Å²) in [5.41, 5.74) is 1.27. The Kier molecular flexibility index (Phi) is 3.52. The Hall–Kier alpha value is -1.96. The van der Waals surface area contributed by atoms with Crippen molar-refractivity contribution < 1.29 is 24.2 Å². The number of carboxylic acids is 1. The van der Waals surface area contributed by atoms with Crippen molar-refractivity contribution in [2.45, 2.75) is 25.8 Å². The van der Waals surface area contributed by atoms with E-state index in [1.54, 1.807) is 0 Å². The molecule has 8 heteroatoms. The molecule has 19 heavy (non-hydrogen) atoms. The average molecular weight is 269 g/mol. The molecule has 2 rings (SSSR count). The molecule has 8 nitrogen and oxygen atoms in total. The maximum atomic E-state index is 11.9. The van der Waals surface area contributed by atoms with E-state index >= 15 is 0 Å². The maximum absolute atomic E-state index is 11.9. The molecule has 0 aromatic heterocycles. The van der Waals surface area contributed by atoms with E-state index in [1.807, 2.05) is 0 Å². The molecular weight excluding hydrogens is 254 g/mol. The fraction of sp³-hybridized carbons (Fsp3) is 0.636. The SMILES string of the molecule is CC1(C(=O)O)COCC1NC(=O)C1=NNC(=O)CC1. The number of carbonyl (C=O) groups is 3. The second-order valence-corrected chi connectivity index (χ2v) is 4.86. The monoisotopic (exact) mass is 269 g/mol. The van der Waals surface area contributed by atoms with Crippen LogP contribution in [0.3, 0.4) is 0 Å². The van der Waals surface area contributed by atoms with Gasteiger partial charge in [0.2, 0.25) is 5.91 Å². The number of hydrazone groups is 1. The van der Waals surface area contributed by atoms with Gasteiger partial charge in [-0.3, -0.25) is 14.4 Å². The van der Waals surface area contributed by atoms with Gasteiger partial charge in [-0.05, 0) is 6.92 Å². The summed E-state index contributed by atoms with van der Waals surface area (Å²) in [6.45, 7) is 1.72. The van der Waals surface area contributed by atoms with Gasteiger partial charge in [0.05, 0.1) is 19.3 Å². The number of amides is 2. The van der Waals surface area contributed by atoms with E-state index in [2.05, 4.69) is 15.8 Å². The van der Waals surface area contributed by atoms with Gasteiger partial charge in [-0.2, -0.15) is 5.10 Å². The minimum absolute atomic E-state index is 0.0521. The highest BCUT2D eigenvalue weighted by Crippen LogP contribution is 2.28. The van der Waals surface area contributed by atoms with E-state index in [-0.39, 0.29) is 37.7 Å². The minimum atomic E-state index is -1.14. The van der Waals surface area contributed by atoms with E-state index in [1.165, 1.54) is 6.92 Å². The summed E-state index contributed by atoms with van der Waals surface area (Å²) in [6.07, 6.45) is 0.443. The van der Waals surface area contributed by atoms with Crippen LogP contribution in [0.4, 0.5) is 0 Å². The van der Waals surface area contributed by atoms with Crippen molar-refractivity contribution in [3.63, 3.8) is 0 Å². The van der Waals surface area contributed by atoms with Crippen LogP contribution in [0.25, 0.3) is 0 Å². The molecule has 0 saturated carbocycles. The van der Waals surface area contributed by atoms with Crippen LogP contribution in [-0.4, -0.2) is 47.9 Å². The fourth-order valence-electron chi connectivity index (χ4n) is 1.96. The molecule has 2 heterocycles. The second kappa shape index (κ2) is 4.96. The first kappa shape index (κ1) is 13.5. The van der Waals surface area contributed by atoms with Crippen LogP contribution in [0.1, 0.15) is 19.8 Å². The Bertz CT molecular complexity index is 461. The zero-order valence-corrected chi connectivity index (χ0v) is 10.4. The number of aliphatic carboxylic acids is 1. The van der Waals surface area contributed by atoms with E-state index in [9.17, 15) is 19.5 Å². The van der Waals surface area contributed by atoms with Gasteiger partial charge in [-0.1, -0.05) is 0 Å². The Morgan fingerprint density at radius 2 is 2.26 bits per heavy atom. The van der Waals surface area contributed by atoms with Crippen LogP contribution < -0.4 is 10.7 Å². The molecule has 2 aliphatic heterocycles. The minimum Gasteiger partial charge on any atom is -0.481 e. The summed E-state index contributed by atoms with van der Waals surface area (Å²) in [5.74, 6) is -1.73. The molecule has 1 saturated heterocycles. The average Bonchev–Trinajstić information content (AvgIpc) is 2.73. The molecule has 2 amide bonds. The summed E-state index contributed by atoms with van der Waals surface area (Å²) in [5, 5.41) is 15.5.